The third-order valence-electron chi connectivity index (χ3n) is 4.59. The number of amides is 2. The van der Waals surface area contributed by atoms with E-state index in [0.29, 0.717) is 37.5 Å². The molecule has 1 heterocycles. The summed E-state index contributed by atoms with van der Waals surface area (Å²) in [7, 11) is 0. The highest BCUT2D eigenvalue weighted by Crippen LogP contribution is 2.29. The van der Waals surface area contributed by atoms with E-state index in [2.05, 4.69) is 10.6 Å². The minimum absolute atomic E-state index is 0.256. The first-order valence-electron chi connectivity index (χ1n) is 8.98. The number of nitrogens with one attached hydrogen (secondary N) is 2. The van der Waals surface area contributed by atoms with Gasteiger partial charge >= 0.3 is 0 Å². The van der Waals surface area contributed by atoms with Gasteiger partial charge in [0.05, 0.1) is 4.88 Å². The van der Waals surface area contributed by atoms with Crippen molar-refractivity contribution < 1.29 is 14.0 Å². The summed E-state index contributed by atoms with van der Waals surface area (Å²) in [6.45, 7) is 1.78. The summed E-state index contributed by atoms with van der Waals surface area (Å²) in [6, 6.07) is 20.6. The zero-order valence-corrected chi connectivity index (χ0v) is 16.3. The molecule has 2 N–H and O–H groups in total. The SMILES string of the molecule is Cc1c(NC(=O)c2cc3c(F)cccc3s2)cccc1C(=O)Nc1ccccc1. The number of anilines is 2. The van der Waals surface area contributed by atoms with Crippen LogP contribution in [0.5, 0.6) is 0 Å². The molecule has 6 heteroatoms. The molecule has 0 saturated heterocycles. The number of halogens is 1. The maximum absolute atomic E-state index is 13.9. The van der Waals surface area contributed by atoms with Crippen LogP contribution in [0.25, 0.3) is 10.1 Å². The van der Waals surface area contributed by atoms with Gasteiger partial charge in [0.25, 0.3) is 11.8 Å². The Morgan fingerprint density at radius 2 is 1.62 bits per heavy atom. The van der Waals surface area contributed by atoms with Crippen LogP contribution >= 0.6 is 11.3 Å². The molecule has 0 aliphatic rings. The molecule has 29 heavy (non-hydrogen) atoms. The van der Waals surface area contributed by atoms with Gasteiger partial charge in [-0.05, 0) is 55.0 Å². The van der Waals surface area contributed by atoms with Crippen molar-refractivity contribution in [2.45, 2.75) is 6.92 Å². The average Bonchev–Trinajstić information content (AvgIpc) is 3.16. The largest absolute Gasteiger partial charge is 0.322 e. The van der Waals surface area contributed by atoms with Gasteiger partial charge < -0.3 is 10.6 Å². The zero-order valence-electron chi connectivity index (χ0n) is 15.5. The quantitative estimate of drug-likeness (QED) is 0.448. The Hall–Kier alpha value is -3.51. The smallest absolute Gasteiger partial charge is 0.265 e. The monoisotopic (exact) mass is 404 g/mol. The summed E-state index contributed by atoms with van der Waals surface area (Å²) in [4.78, 5) is 25.7. The van der Waals surface area contributed by atoms with Crippen LogP contribution in [0.2, 0.25) is 0 Å². The molecule has 0 radical (unpaired) electrons. The molecule has 0 spiro atoms. The third kappa shape index (κ3) is 3.88. The summed E-state index contributed by atoms with van der Waals surface area (Å²) >= 11 is 1.23. The van der Waals surface area contributed by atoms with Gasteiger partial charge in [0.2, 0.25) is 0 Å². The number of carbonyl (C=O) groups excluding carboxylic acids is 2. The van der Waals surface area contributed by atoms with E-state index in [1.165, 1.54) is 17.4 Å². The molecule has 1 aromatic heterocycles. The maximum Gasteiger partial charge on any atom is 0.265 e. The zero-order chi connectivity index (χ0) is 20.4. The predicted molar refractivity (Wildman–Crippen MR) is 115 cm³/mol. The Labute approximate surface area is 171 Å². The fourth-order valence-corrected chi connectivity index (χ4v) is 4.03. The van der Waals surface area contributed by atoms with E-state index in [4.69, 9.17) is 0 Å². The van der Waals surface area contributed by atoms with E-state index in [1.807, 2.05) is 18.2 Å². The van der Waals surface area contributed by atoms with Crippen molar-refractivity contribution in [1.29, 1.82) is 0 Å². The van der Waals surface area contributed by atoms with Crippen LogP contribution in [0.3, 0.4) is 0 Å². The van der Waals surface area contributed by atoms with E-state index in [-0.39, 0.29) is 17.6 Å². The molecule has 4 nitrogen and oxygen atoms in total. The number of hydrogen-bond donors (Lipinski definition) is 2. The predicted octanol–water partition coefficient (Wildman–Crippen LogP) is 5.85. The summed E-state index contributed by atoms with van der Waals surface area (Å²) in [5.41, 5.74) is 2.35. The third-order valence-corrected chi connectivity index (χ3v) is 5.69. The molecule has 0 saturated carbocycles. The fraction of sp³-hybridized carbons (Fsp3) is 0.0435. The molecule has 0 atom stereocenters. The lowest BCUT2D eigenvalue weighted by Crippen LogP contribution is -2.16. The Bertz CT molecular complexity index is 1220. The second-order valence-electron chi connectivity index (χ2n) is 6.51. The van der Waals surface area contributed by atoms with E-state index in [0.717, 1.165) is 0 Å². The number of para-hydroxylation sites is 1. The van der Waals surface area contributed by atoms with Gasteiger partial charge in [0, 0.05) is 27.0 Å². The molecule has 0 unspecified atom stereocenters. The van der Waals surface area contributed by atoms with Gasteiger partial charge in [-0.2, -0.15) is 0 Å². The Balaban J connectivity index is 1.57. The van der Waals surface area contributed by atoms with Crippen LogP contribution in [0.4, 0.5) is 15.8 Å². The average molecular weight is 404 g/mol. The lowest BCUT2D eigenvalue weighted by atomic mass is 10.1. The van der Waals surface area contributed by atoms with Crippen molar-refractivity contribution in [3.8, 4) is 0 Å². The normalized spacial score (nSPS) is 10.7. The Kier molecular flexibility index (Phi) is 5.10. The van der Waals surface area contributed by atoms with Gasteiger partial charge in [-0.1, -0.05) is 30.3 Å². The number of rotatable bonds is 4. The van der Waals surface area contributed by atoms with Crippen molar-refractivity contribution in [3.63, 3.8) is 0 Å². The van der Waals surface area contributed by atoms with Crippen LogP contribution in [-0.4, -0.2) is 11.8 Å². The molecule has 0 fully saturated rings. The summed E-state index contributed by atoms with van der Waals surface area (Å²) in [5, 5.41) is 6.11. The van der Waals surface area contributed by atoms with Crippen LogP contribution in [0.15, 0.2) is 72.8 Å². The van der Waals surface area contributed by atoms with Gasteiger partial charge in [-0.3, -0.25) is 9.59 Å². The van der Waals surface area contributed by atoms with Crippen molar-refractivity contribution in [1.82, 2.24) is 0 Å². The number of hydrogen-bond acceptors (Lipinski definition) is 3. The summed E-state index contributed by atoms with van der Waals surface area (Å²) in [5.74, 6) is -0.948. The maximum atomic E-state index is 13.9. The van der Waals surface area contributed by atoms with Crippen LogP contribution in [0.1, 0.15) is 25.6 Å². The van der Waals surface area contributed by atoms with Gasteiger partial charge in [-0.25, -0.2) is 4.39 Å². The highest BCUT2D eigenvalue weighted by atomic mass is 32.1. The molecular formula is C23H17FN2O2S. The highest BCUT2D eigenvalue weighted by Gasteiger charge is 2.16. The Morgan fingerprint density at radius 3 is 2.38 bits per heavy atom. The molecule has 4 rings (SSSR count). The van der Waals surface area contributed by atoms with E-state index < -0.39 is 0 Å². The molecule has 3 aromatic carbocycles. The fourth-order valence-electron chi connectivity index (χ4n) is 3.06. The van der Waals surface area contributed by atoms with Crippen molar-refractivity contribution in [2.24, 2.45) is 0 Å². The van der Waals surface area contributed by atoms with Crippen molar-refractivity contribution in [3.05, 3.63) is 94.6 Å². The minimum atomic E-state index is -0.353. The van der Waals surface area contributed by atoms with Gasteiger partial charge in [-0.15, -0.1) is 11.3 Å². The molecule has 4 aromatic rings. The molecule has 0 bridgehead atoms. The van der Waals surface area contributed by atoms with Crippen LogP contribution < -0.4 is 10.6 Å². The second-order valence-corrected chi connectivity index (χ2v) is 7.60. The topological polar surface area (TPSA) is 58.2 Å². The second kappa shape index (κ2) is 7.85. The lowest BCUT2D eigenvalue weighted by Gasteiger charge is -2.12. The van der Waals surface area contributed by atoms with Crippen molar-refractivity contribution in [2.75, 3.05) is 10.6 Å². The van der Waals surface area contributed by atoms with E-state index >= 15 is 0 Å². The van der Waals surface area contributed by atoms with Gasteiger partial charge in [0.15, 0.2) is 0 Å². The van der Waals surface area contributed by atoms with Gasteiger partial charge in [0.1, 0.15) is 5.82 Å². The lowest BCUT2D eigenvalue weighted by molar-refractivity contribution is 0.101. The molecule has 0 aliphatic heterocycles. The molecule has 2 amide bonds. The van der Waals surface area contributed by atoms with Crippen molar-refractivity contribution >= 4 is 44.6 Å². The minimum Gasteiger partial charge on any atom is -0.322 e. The number of carbonyl (C=O) groups is 2. The summed E-state index contributed by atoms with van der Waals surface area (Å²) in [6.07, 6.45) is 0. The standard InChI is InChI=1S/C23H17FN2O2S/c1-14-16(22(27)25-15-7-3-2-4-8-15)9-5-11-19(14)26-23(28)21-13-17-18(24)10-6-12-20(17)29-21/h2-13H,1H3,(H,25,27)(H,26,28). The first-order chi connectivity index (χ1) is 14.0. The Morgan fingerprint density at radius 1 is 0.862 bits per heavy atom. The first-order valence-corrected chi connectivity index (χ1v) is 9.80. The first kappa shape index (κ1) is 18.8. The number of thiophene rings is 1. The molecule has 144 valence electrons. The van der Waals surface area contributed by atoms with Crippen LogP contribution in [0, 0.1) is 12.7 Å². The number of fused-ring (bicyclic) bond motifs is 1. The highest BCUT2D eigenvalue weighted by molar-refractivity contribution is 7.20. The van der Waals surface area contributed by atoms with E-state index in [9.17, 15) is 14.0 Å². The van der Waals surface area contributed by atoms with Crippen LogP contribution in [-0.2, 0) is 0 Å². The number of benzene rings is 3. The molecule has 0 aliphatic carbocycles. The summed E-state index contributed by atoms with van der Waals surface area (Å²) < 4.78 is 14.6. The molecular weight excluding hydrogens is 387 g/mol. The van der Waals surface area contributed by atoms with E-state index in [1.54, 1.807) is 55.5 Å².